The number of fused-ring (bicyclic) bond motifs is 1. The van der Waals surface area contributed by atoms with E-state index in [0.717, 1.165) is 17.8 Å². The lowest BCUT2D eigenvalue weighted by Gasteiger charge is -1.98. The number of nitro groups is 2. The summed E-state index contributed by atoms with van der Waals surface area (Å²) in [6.45, 7) is 0. The summed E-state index contributed by atoms with van der Waals surface area (Å²) in [5.74, 6) is 0. The summed E-state index contributed by atoms with van der Waals surface area (Å²) >= 11 is 0.783. The van der Waals surface area contributed by atoms with Gasteiger partial charge < -0.3 is 5.73 Å². The molecule has 0 aliphatic carbocycles. The number of hydrogen-bond acceptors (Lipinski definition) is 8. The molecule has 1 aromatic heterocycles. The molecule has 0 aliphatic rings. The van der Waals surface area contributed by atoms with E-state index in [0.29, 0.717) is 0 Å². The first kappa shape index (κ1) is 10.2. The SMILES string of the molecule is Nc1c([N+](=O)[O-])c([N+](=O)[O-])cc2nsnc12. The summed E-state index contributed by atoms with van der Waals surface area (Å²) in [6.07, 6.45) is 0. The van der Waals surface area contributed by atoms with Gasteiger partial charge in [-0.05, 0) is 0 Å². The summed E-state index contributed by atoms with van der Waals surface area (Å²) in [5.41, 5.74) is 4.00. The molecule has 16 heavy (non-hydrogen) atoms. The molecule has 0 saturated heterocycles. The van der Waals surface area contributed by atoms with Crippen molar-refractivity contribution in [3.8, 4) is 0 Å². The van der Waals surface area contributed by atoms with Crippen LogP contribution in [0.15, 0.2) is 6.07 Å². The van der Waals surface area contributed by atoms with Crippen LogP contribution in [0.4, 0.5) is 17.1 Å². The normalized spacial score (nSPS) is 10.5. The van der Waals surface area contributed by atoms with Gasteiger partial charge in [0.2, 0.25) is 0 Å². The molecule has 2 aromatic rings. The Kier molecular flexibility index (Phi) is 2.12. The molecule has 82 valence electrons. The Morgan fingerprint density at radius 2 is 1.94 bits per heavy atom. The van der Waals surface area contributed by atoms with Crippen LogP contribution in [-0.4, -0.2) is 18.6 Å². The van der Waals surface area contributed by atoms with E-state index in [2.05, 4.69) is 8.75 Å². The van der Waals surface area contributed by atoms with Crippen molar-refractivity contribution < 1.29 is 9.85 Å². The van der Waals surface area contributed by atoms with E-state index in [-0.39, 0.29) is 16.7 Å². The second kappa shape index (κ2) is 3.34. The van der Waals surface area contributed by atoms with Gasteiger partial charge in [-0.2, -0.15) is 8.75 Å². The third kappa shape index (κ3) is 1.32. The minimum atomic E-state index is -0.897. The van der Waals surface area contributed by atoms with Gasteiger partial charge in [-0.25, -0.2) is 0 Å². The standard InChI is InChI=1S/C6H3N5O4S/c7-4-5-2(8-16-9-5)1-3(10(12)13)6(4)11(14)15/h1H,7H2. The number of nitrogens with zero attached hydrogens (tertiary/aromatic N) is 4. The molecule has 2 rings (SSSR count). The highest BCUT2D eigenvalue weighted by Crippen LogP contribution is 2.37. The number of anilines is 1. The Balaban J connectivity index is 2.91. The lowest BCUT2D eigenvalue weighted by molar-refractivity contribution is -0.421. The average Bonchev–Trinajstić information content (AvgIpc) is 2.64. The van der Waals surface area contributed by atoms with Crippen LogP contribution in [0, 0.1) is 20.2 Å². The number of nitro benzene ring substituents is 2. The molecule has 1 aromatic carbocycles. The molecule has 0 atom stereocenters. The van der Waals surface area contributed by atoms with E-state index in [4.69, 9.17) is 5.73 Å². The minimum absolute atomic E-state index is 0.113. The van der Waals surface area contributed by atoms with Gasteiger partial charge in [0, 0.05) is 0 Å². The van der Waals surface area contributed by atoms with Gasteiger partial charge in [-0.3, -0.25) is 20.2 Å². The monoisotopic (exact) mass is 241 g/mol. The second-order valence-electron chi connectivity index (χ2n) is 2.80. The van der Waals surface area contributed by atoms with E-state index >= 15 is 0 Å². The van der Waals surface area contributed by atoms with Crippen molar-refractivity contribution in [2.45, 2.75) is 0 Å². The number of nitrogen functional groups attached to an aromatic ring is 1. The Morgan fingerprint density at radius 3 is 2.50 bits per heavy atom. The molecule has 1 heterocycles. The van der Waals surface area contributed by atoms with Crippen LogP contribution in [0.3, 0.4) is 0 Å². The fourth-order valence-electron chi connectivity index (χ4n) is 1.26. The summed E-state index contributed by atoms with van der Waals surface area (Å²) in [5, 5.41) is 21.3. The molecule has 0 radical (unpaired) electrons. The van der Waals surface area contributed by atoms with Crippen molar-refractivity contribution >= 4 is 39.8 Å². The molecular formula is C6H3N5O4S. The van der Waals surface area contributed by atoms with E-state index in [1.165, 1.54) is 0 Å². The Hall–Kier alpha value is -2.36. The van der Waals surface area contributed by atoms with Crippen molar-refractivity contribution in [1.82, 2.24) is 8.75 Å². The van der Waals surface area contributed by atoms with Gasteiger partial charge in [0.15, 0.2) is 0 Å². The summed E-state index contributed by atoms with van der Waals surface area (Å²) in [7, 11) is 0. The first-order valence-electron chi connectivity index (χ1n) is 3.86. The van der Waals surface area contributed by atoms with E-state index in [1.54, 1.807) is 0 Å². The van der Waals surface area contributed by atoms with Crippen LogP contribution in [0.5, 0.6) is 0 Å². The fraction of sp³-hybridized carbons (Fsp3) is 0. The number of benzene rings is 1. The molecule has 0 unspecified atom stereocenters. The van der Waals surface area contributed by atoms with Crippen molar-refractivity contribution in [3.05, 3.63) is 26.3 Å². The van der Waals surface area contributed by atoms with Crippen LogP contribution in [-0.2, 0) is 0 Å². The second-order valence-corrected chi connectivity index (χ2v) is 3.33. The third-order valence-corrected chi connectivity index (χ3v) is 2.46. The smallest absolute Gasteiger partial charge is 0.371 e. The number of nitrogens with two attached hydrogens (primary N) is 1. The van der Waals surface area contributed by atoms with Gasteiger partial charge >= 0.3 is 11.4 Å². The van der Waals surface area contributed by atoms with Crippen LogP contribution < -0.4 is 5.73 Å². The van der Waals surface area contributed by atoms with Crippen LogP contribution in [0.25, 0.3) is 11.0 Å². The van der Waals surface area contributed by atoms with Crippen LogP contribution in [0.2, 0.25) is 0 Å². The topological polar surface area (TPSA) is 138 Å². The van der Waals surface area contributed by atoms with Crippen molar-refractivity contribution in [1.29, 1.82) is 0 Å². The quantitative estimate of drug-likeness (QED) is 0.471. The fourth-order valence-corrected chi connectivity index (χ4v) is 1.80. The van der Waals surface area contributed by atoms with E-state index in [1.807, 2.05) is 0 Å². The Bertz CT molecular complexity index is 608. The van der Waals surface area contributed by atoms with Crippen molar-refractivity contribution in [2.75, 3.05) is 5.73 Å². The van der Waals surface area contributed by atoms with E-state index in [9.17, 15) is 20.2 Å². The molecule has 10 heteroatoms. The maximum atomic E-state index is 10.7. The first-order chi connectivity index (χ1) is 7.52. The molecule has 0 saturated carbocycles. The van der Waals surface area contributed by atoms with Gasteiger partial charge in [-0.1, -0.05) is 0 Å². The molecule has 0 spiro atoms. The maximum Gasteiger partial charge on any atom is 0.371 e. The number of aromatic nitrogens is 2. The van der Waals surface area contributed by atoms with Gasteiger partial charge in [-0.15, -0.1) is 0 Å². The highest BCUT2D eigenvalue weighted by Gasteiger charge is 2.31. The molecule has 2 N–H and O–H groups in total. The number of rotatable bonds is 2. The van der Waals surface area contributed by atoms with E-state index < -0.39 is 21.2 Å². The maximum absolute atomic E-state index is 10.7. The molecule has 0 aliphatic heterocycles. The zero-order chi connectivity index (χ0) is 11.9. The van der Waals surface area contributed by atoms with Crippen LogP contribution in [0.1, 0.15) is 0 Å². The molecule has 0 bridgehead atoms. The minimum Gasteiger partial charge on any atom is -0.391 e. The van der Waals surface area contributed by atoms with Gasteiger partial charge in [0.1, 0.15) is 16.7 Å². The number of hydrogen-bond donors (Lipinski definition) is 1. The van der Waals surface area contributed by atoms with Gasteiger partial charge in [0.25, 0.3) is 0 Å². The highest BCUT2D eigenvalue weighted by molar-refractivity contribution is 7.00. The van der Waals surface area contributed by atoms with Crippen LogP contribution >= 0.6 is 11.7 Å². The summed E-state index contributed by atoms with van der Waals surface area (Å²) in [4.78, 5) is 19.6. The third-order valence-electron chi connectivity index (χ3n) is 1.92. The first-order valence-corrected chi connectivity index (χ1v) is 4.59. The summed E-state index contributed by atoms with van der Waals surface area (Å²) in [6, 6.07) is 0.993. The highest BCUT2D eigenvalue weighted by atomic mass is 32.1. The average molecular weight is 241 g/mol. The molecular weight excluding hydrogens is 238 g/mol. The zero-order valence-electron chi connectivity index (χ0n) is 7.48. The zero-order valence-corrected chi connectivity index (χ0v) is 8.30. The molecule has 9 nitrogen and oxygen atoms in total. The van der Waals surface area contributed by atoms with Crippen molar-refractivity contribution in [2.24, 2.45) is 0 Å². The Morgan fingerprint density at radius 1 is 1.25 bits per heavy atom. The summed E-state index contributed by atoms with van der Waals surface area (Å²) < 4.78 is 7.49. The predicted octanol–water partition coefficient (Wildman–Crippen LogP) is 1.09. The lowest BCUT2D eigenvalue weighted by Crippen LogP contribution is -2.01. The largest absolute Gasteiger partial charge is 0.391 e. The lowest BCUT2D eigenvalue weighted by atomic mass is 10.2. The Labute approximate surface area is 91.1 Å². The molecule has 0 amide bonds. The molecule has 0 fully saturated rings. The van der Waals surface area contributed by atoms with Crippen molar-refractivity contribution in [3.63, 3.8) is 0 Å². The predicted molar refractivity (Wildman–Crippen MR) is 55.1 cm³/mol. The van der Waals surface area contributed by atoms with Gasteiger partial charge in [0.05, 0.1) is 27.6 Å².